The zero-order chi connectivity index (χ0) is 24.7. The van der Waals surface area contributed by atoms with Crippen LogP contribution in [0.3, 0.4) is 0 Å². The number of hydrogen-bond donors (Lipinski definition) is 1. The van der Waals surface area contributed by atoms with E-state index in [2.05, 4.69) is 10.5 Å². The molecule has 0 aliphatic rings. The molecule has 0 radical (unpaired) electrons. The Balaban J connectivity index is 1.59. The molecule has 0 unspecified atom stereocenters. The van der Waals surface area contributed by atoms with Crippen LogP contribution in [0.4, 0.5) is 5.69 Å². The minimum Gasteiger partial charge on any atom is -0.423 e. The van der Waals surface area contributed by atoms with Crippen molar-refractivity contribution in [1.82, 2.24) is 5.43 Å². The van der Waals surface area contributed by atoms with E-state index in [0.29, 0.717) is 33.1 Å². The first kappa shape index (κ1) is 24.9. The van der Waals surface area contributed by atoms with Crippen LogP contribution < -0.4 is 14.5 Å². The number of hydrazone groups is 1. The molecule has 0 heterocycles. The molecule has 0 fully saturated rings. The van der Waals surface area contributed by atoms with Crippen molar-refractivity contribution in [2.75, 3.05) is 17.1 Å². The summed E-state index contributed by atoms with van der Waals surface area (Å²) in [5.41, 5.74) is 4.35. The first-order valence-electron chi connectivity index (χ1n) is 10.1. The van der Waals surface area contributed by atoms with E-state index in [4.69, 9.17) is 16.3 Å². The lowest BCUT2D eigenvalue weighted by atomic mass is 10.2. The molecule has 34 heavy (non-hydrogen) atoms. The standard InChI is InChI=1S/C24H22ClN3O5S/c1-17-14-20(25)10-13-22(17)28(34(2,31)32)16-23(29)27-26-15-18-8-11-21(12-9-18)33-24(30)19-6-4-3-5-7-19/h3-15H,16H2,1-2H3,(H,27,29)/b26-15-. The molecule has 0 aliphatic carbocycles. The molecule has 8 nitrogen and oxygen atoms in total. The van der Waals surface area contributed by atoms with Crippen molar-refractivity contribution in [2.24, 2.45) is 5.10 Å². The second kappa shape index (κ2) is 11.0. The fraction of sp³-hybridized carbons (Fsp3) is 0.125. The third-order valence-corrected chi connectivity index (χ3v) is 5.98. The third-order valence-electron chi connectivity index (χ3n) is 4.62. The number of hydrogen-bond acceptors (Lipinski definition) is 6. The summed E-state index contributed by atoms with van der Waals surface area (Å²) in [5.74, 6) is -0.734. The normalized spacial score (nSPS) is 11.3. The molecule has 1 amide bonds. The van der Waals surface area contributed by atoms with Crippen LogP contribution in [0, 0.1) is 6.92 Å². The highest BCUT2D eigenvalue weighted by atomic mass is 35.5. The van der Waals surface area contributed by atoms with Gasteiger partial charge in [0.2, 0.25) is 10.0 Å². The lowest BCUT2D eigenvalue weighted by molar-refractivity contribution is -0.119. The number of carbonyl (C=O) groups excluding carboxylic acids is 2. The van der Waals surface area contributed by atoms with Crippen LogP contribution in [0.5, 0.6) is 5.75 Å². The maximum absolute atomic E-state index is 12.3. The van der Waals surface area contributed by atoms with E-state index < -0.39 is 28.4 Å². The van der Waals surface area contributed by atoms with E-state index >= 15 is 0 Å². The van der Waals surface area contributed by atoms with Crippen molar-refractivity contribution in [2.45, 2.75) is 6.92 Å². The van der Waals surface area contributed by atoms with Gasteiger partial charge in [0.25, 0.3) is 5.91 Å². The van der Waals surface area contributed by atoms with Crippen molar-refractivity contribution in [3.05, 3.63) is 94.5 Å². The van der Waals surface area contributed by atoms with E-state index in [-0.39, 0.29) is 0 Å². The molecule has 0 spiro atoms. The van der Waals surface area contributed by atoms with Gasteiger partial charge in [-0.2, -0.15) is 5.10 Å². The van der Waals surface area contributed by atoms with Gasteiger partial charge in [-0.3, -0.25) is 9.10 Å². The van der Waals surface area contributed by atoms with E-state index in [1.54, 1.807) is 79.7 Å². The SMILES string of the molecule is Cc1cc(Cl)ccc1N(CC(=O)N/N=C\c1ccc(OC(=O)c2ccccc2)cc1)S(C)(=O)=O. The smallest absolute Gasteiger partial charge is 0.343 e. The molecule has 3 aromatic rings. The molecular weight excluding hydrogens is 478 g/mol. The number of ether oxygens (including phenoxy) is 1. The minimum absolute atomic E-state index is 0.353. The Morgan fingerprint density at radius 2 is 1.74 bits per heavy atom. The predicted molar refractivity (Wildman–Crippen MR) is 132 cm³/mol. The second-order valence-electron chi connectivity index (χ2n) is 7.32. The number of aryl methyl sites for hydroxylation is 1. The van der Waals surface area contributed by atoms with Crippen LogP contribution >= 0.6 is 11.6 Å². The largest absolute Gasteiger partial charge is 0.423 e. The van der Waals surface area contributed by atoms with Crippen LogP contribution in [-0.4, -0.2) is 39.3 Å². The van der Waals surface area contributed by atoms with Gasteiger partial charge in [0.1, 0.15) is 12.3 Å². The van der Waals surface area contributed by atoms with E-state index in [9.17, 15) is 18.0 Å². The maximum Gasteiger partial charge on any atom is 0.343 e. The topological polar surface area (TPSA) is 105 Å². The van der Waals surface area contributed by atoms with Crippen LogP contribution in [0.2, 0.25) is 5.02 Å². The van der Waals surface area contributed by atoms with Gasteiger partial charge in [-0.15, -0.1) is 0 Å². The molecule has 0 saturated carbocycles. The van der Waals surface area contributed by atoms with Gasteiger partial charge in [0, 0.05) is 5.02 Å². The first-order valence-corrected chi connectivity index (χ1v) is 12.3. The summed E-state index contributed by atoms with van der Waals surface area (Å²) in [6.45, 7) is 1.25. The van der Waals surface area contributed by atoms with Crippen LogP contribution in [0.15, 0.2) is 77.9 Å². The van der Waals surface area contributed by atoms with Crippen molar-refractivity contribution >= 4 is 45.4 Å². The number of nitrogens with one attached hydrogen (secondary N) is 1. The van der Waals surface area contributed by atoms with Crippen molar-refractivity contribution in [3.63, 3.8) is 0 Å². The molecule has 10 heteroatoms. The van der Waals surface area contributed by atoms with Gasteiger partial charge in [-0.05, 0) is 72.6 Å². The number of amides is 1. The number of benzene rings is 3. The number of sulfonamides is 1. The zero-order valence-corrected chi connectivity index (χ0v) is 20.0. The maximum atomic E-state index is 12.3. The van der Waals surface area contributed by atoms with E-state index in [1.807, 2.05) is 0 Å². The number of esters is 1. The predicted octanol–water partition coefficient (Wildman–Crippen LogP) is 3.78. The molecule has 1 N–H and O–H groups in total. The van der Waals surface area contributed by atoms with Gasteiger partial charge in [-0.25, -0.2) is 18.6 Å². The summed E-state index contributed by atoms with van der Waals surface area (Å²) in [6.07, 6.45) is 2.41. The number of anilines is 1. The van der Waals surface area contributed by atoms with Gasteiger partial charge in [-0.1, -0.05) is 29.8 Å². The van der Waals surface area contributed by atoms with Gasteiger partial charge < -0.3 is 4.74 Å². The van der Waals surface area contributed by atoms with Gasteiger partial charge >= 0.3 is 5.97 Å². The third kappa shape index (κ3) is 6.90. The van der Waals surface area contributed by atoms with Gasteiger partial charge in [0.05, 0.1) is 23.7 Å². The van der Waals surface area contributed by atoms with Gasteiger partial charge in [0.15, 0.2) is 0 Å². The highest BCUT2D eigenvalue weighted by Crippen LogP contribution is 2.25. The molecule has 0 bridgehead atoms. The summed E-state index contributed by atoms with van der Waals surface area (Å²) in [7, 11) is -3.72. The Labute approximate surface area is 202 Å². The Morgan fingerprint density at radius 3 is 2.35 bits per heavy atom. The monoisotopic (exact) mass is 499 g/mol. The summed E-state index contributed by atoms with van der Waals surface area (Å²) < 4.78 is 30.8. The fourth-order valence-corrected chi connectivity index (χ4v) is 4.13. The molecule has 0 aliphatic heterocycles. The highest BCUT2D eigenvalue weighted by Gasteiger charge is 2.22. The lowest BCUT2D eigenvalue weighted by Crippen LogP contribution is -2.39. The molecular formula is C24H22ClN3O5S. The lowest BCUT2D eigenvalue weighted by Gasteiger charge is -2.23. The molecule has 0 atom stereocenters. The van der Waals surface area contributed by atoms with Crippen molar-refractivity contribution in [1.29, 1.82) is 0 Å². The Kier molecular flexibility index (Phi) is 8.04. The first-order chi connectivity index (χ1) is 16.1. The molecule has 3 rings (SSSR count). The quantitative estimate of drug-likeness (QED) is 0.220. The van der Waals surface area contributed by atoms with E-state index in [0.717, 1.165) is 10.6 Å². The Morgan fingerprint density at radius 1 is 1.06 bits per heavy atom. The number of rotatable bonds is 8. The molecule has 0 aromatic heterocycles. The average molecular weight is 500 g/mol. The average Bonchev–Trinajstić information content (AvgIpc) is 2.79. The number of carbonyl (C=O) groups is 2. The summed E-state index contributed by atoms with van der Waals surface area (Å²) >= 11 is 5.94. The zero-order valence-electron chi connectivity index (χ0n) is 18.4. The fourth-order valence-electron chi connectivity index (χ4n) is 2.99. The highest BCUT2D eigenvalue weighted by molar-refractivity contribution is 7.92. The minimum atomic E-state index is -3.72. The van der Waals surface area contributed by atoms with Crippen molar-refractivity contribution < 1.29 is 22.7 Å². The van der Waals surface area contributed by atoms with Crippen LogP contribution in [0.25, 0.3) is 0 Å². The Hall–Kier alpha value is -3.69. The Bertz CT molecular complexity index is 1310. The molecule has 3 aromatic carbocycles. The summed E-state index contributed by atoms with van der Waals surface area (Å²) in [4.78, 5) is 24.4. The van der Waals surface area contributed by atoms with E-state index in [1.165, 1.54) is 6.21 Å². The number of nitrogens with zero attached hydrogens (tertiary/aromatic N) is 2. The van der Waals surface area contributed by atoms with Crippen molar-refractivity contribution in [3.8, 4) is 5.75 Å². The van der Waals surface area contributed by atoms with Crippen LogP contribution in [-0.2, 0) is 14.8 Å². The van der Waals surface area contributed by atoms with Crippen LogP contribution in [0.1, 0.15) is 21.5 Å². The summed E-state index contributed by atoms with van der Waals surface area (Å²) in [5, 5.41) is 4.33. The summed E-state index contributed by atoms with van der Waals surface area (Å²) in [6, 6.07) is 19.8. The molecule has 0 saturated heterocycles. The number of halogens is 1. The molecule has 176 valence electrons. The second-order valence-corrected chi connectivity index (χ2v) is 9.66.